The molecule has 0 unspecified atom stereocenters. The van der Waals surface area contributed by atoms with Crippen molar-refractivity contribution in [2.24, 2.45) is 0 Å². The normalized spacial score (nSPS) is 11.2. The van der Waals surface area contributed by atoms with Crippen molar-refractivity contribution in [1.29, 1.82) is 0 Å². The van der Waals surface area contributed by atoms with E-state index in [0.717, 1.165) is 18.4 Å². The molecular formula is C25H30N2O6. The van der Waals surface area contributed by atoms with Crippen molar-refractivity contribution < 1.29 is 28.7 Å². The molecule has 0 heterocycles. The highest BCUT2D eigenvalue weighted by Crippen LogP contribution is 2.12. The molecule has 0 aromatic heterocycles. The van der Waals surface area contributed by atoms with E-state index in [0.29, 0.717) is 17.9 Å². The van der Waals surface area contributed by atoms with E-state index < -0.39 is 24.5 Å². The van der Waals surface area contributed by atoms with Crippen LogP contribution in [-0.2, 0) is 23.9 Å². The molecule has 176 valence electrons. The third-order valence-electron chi connectivity index (χ3n) is 4.73. The van der Waals surface area contributed by atoms with Gasteiger partial charge in [0.05, 0.1) is 24.6 Å². The van der Waals surface area contributed by atoms with Gasteiger partial charge in [-0.15, -0.1) is 0 Å². The molecule has 2 rings (SSSR count). The summed E-state index contributed by atoms with van der Waals surface area (Å²) >= 11 is 0. The lowest BCUT2D eigenvalue weighted by Gasteiger charge is -2.14. The summed E-state index contributed by atoms with van der Waals surface area (Å²) in [4.78, 5) is 47.8. The molecular weight excluding hydrogens is 424 g/mol. The van der Waals surface area contributed by atoms with Crippen LogP contribution in [0.4, 0.5) is 5.69 Å². The van der Waals surface area contributed by atoms with E-state index in [4.69, 9.17) is 9.47 Å². The molecule has 0 radical (unpaired) electrons. The van der Waals surface area contributed by atoms with E-state index in [9.17, 15) is 19.2 Å². The molecule has 0 aliphatic rings. The van der Waals surface area contributed by atoms with Crippen molar-refractivity contribution >= 4 is 29.4 Å². The van der Waals surface area contributed by atoms with Crippen LogP contribution in [0.2, 0.25) is 0 Å². The third kappa shape index (κ3) is 9.55. The molecule has 0 bridgehead atoms. The fourth-order valence-corrected chi connectivity index (χ4v) is 2.85. The standard InChI is InChI=1S/C25H30N2O6/c1-3-4-16-32-25(31)20-10-12-21(13-11-20)27-22(28)14-15-24(30)33-17-23(29)26-18(2)19-8-6-5-7-9-19/h5-13,18H,3-4,14-17H2,1-2H3,(H,26,29)(H,27,28)/t18-/m0/s1. The van der Waals surface area contributed by atoms with Crippen LogP contribution in [0.5, 0.6) is 0 Å². The molecule has 2 N–H and O–H groups in total. The van der Waals surface area contributed by atoms with Crippen LogP contribution in [0, 0.1) is 0 Å². The van der Waals surface area contributed by atoms with Gasteiger partial charge in [0.25, 0.3) is 5.91 Å². The molecule has 0 fully saturated rings. The predicted octanol–water partition coefficient (Wildman–Crippen LogP) is 3.78. The van der Waals surface area contributed by atoms with Crippen molar-refractivity contribution in [3.8, 4) is 0 Å². The monoisotopic (exact) mass is 454 g/mol. The quantitative estimate of drug-likeness (QED) is 0.373. The number of hydrogen-bond acceptors (Lipinski definition) is 6. The van der Waals surface area contributed by atoms with Gasteiger partial charge in [0.1, 0.15) is 0 Å². The maximum absolute atomic E-state index is 12.1. The Kier molecular flexibility index (Phi) is 10.6. The summed E-state index contributed by atoms with van der Waals surface area (Å²) in [5.41, 5.74) is 1.83. The summed E-state index contributed by atoms with van der Waals surface area (Å²) in [7, 11) is 0. The molecule has 2 aromatic carbocycles. The fourth-order valence-electron chi connectivity index (χ4n) is 2.85. The number of anilines is 1. The molecule has 0 spiro atoms. The van der Waals surface area contributed by atoms with Crippen molar-refractivity contribution in [3.05, 3.63) is 65.7 Å². The molecule has 2 aromatic rings. The highest BCUT2D eigenvalue weighted by Gasteiger charge is 2.13. The summed E-state index contributed by atoms with van der Waals surface area (Å²) < 4.78 is 10.1. The lowest BCUT2D eigenvalue weighted by Crippen LogP contribution is -2.31. The number of nitrogens with one attached hydrogen (secondary N) is 2. The molecule has 0 saturated heterocycles. The van der Waals surface area contributed by atoms with Crippen LogP contribution in [0.15, 0.2) is 54.6 Å². The molecule has 0 saturated carbocycles. The second-order valence-corrected chi connectivity index (χ2v) is 7.48. The van der Waals surface area contributed by atoms with Gasteiger partial charge in [0, 0.05) is 12.1 Å². The lowest BCUT2D eigenvalue weighted by atomic mass is 10.1. The Balaban J connectivity index is 1.66. The Morgan fingerprint density at radius 1 is 0.879 bits per heavy atom. The van der Waals surface area contributed by atoms with Gasteiger partial charge < -0.3 is 20.1 Å². The van der Waals surface area contributed by atoms with E-state index in [1.165, 1.54) is 0 Å². The van der Waals surface area contributed by atoms with E-state index in [1.54, 1.807) is 24.3 Å². The first kappa shape index (κ1) is 25.6. The van der Waals surface area contributed by atoms with Crippen molar-refractivity contribution in [1.82, 2.24) is 5.32 Å². The Bertz CT molecular complexity index is 928. The Labute approximate surface area is 193 Å². The van der Waals surface area contributed by atoms with Crippen LogP contribution in [0.3, 0.4) is 0 Å². The van der Waals surface area contributed by atoms with E-state index >= 15 is 0 Å². The van der Waals surface area contributed by atoms with Crippen molar-refractivity contribution in [3.63, 3.8) is 0 Å². The van der Waals surface area contributed by atoms with Crippen LogP contribution in [0.25, 0.3) is 0 Å². The van der Waals surface area contributed by atoms with E-state index in [1.807, 2.05) is 44.2 Å². The highest BCUT2D eigenvalue weighted by atomic mass is 16.5. The highest BCUT2D eigenvalue weighted by molar-refractivity contribution is 5.94. The van der Waals surface area contributed by atoms with Gasteiger partial charge in [-0.05, 0) is 43.2 Å². The second-order valence-electron chi connectivity index (χ2n) is 7.48. The molecule has 0 aliphatic carbocycles. The number of amides is 2. The summed E-state index contributed by atoms with van der Waals surface area (Å²) in [6, 6.07) is 15.5. The largest absolute Gasteiger partial charge is 0.462 e. The average Bonchev–Trinajstić information content (AvgIpc) is 2.82. The molecule has 2 amide bonds. The number of ether oxygens (including phenoxy) is 2. The van der Waals surface area contributed by atoms with E-state index in [2.05, 4.69) is 10.6 Å². The summed E-state index contributed by atoms with van der Waals surface area (Å²) in [6.45, 7) is 3.81. The first-order valence-corrected chi connectivity index (χ1v) is 11.0. The van der Waals surface area contributed by atoms with Gasteiger partial charge in [-0.3, -0.25) is 14.4 Å². The number of unbranched alkanes of at least 4 members (excludes halogenated alkanes) is 1. The topological polar surface area (TPSA) is 111 Å². The zero-order chi connectivity index (χ0) is 24.1. The predicted molar refractivity (Wildman–Crippen MR) is 123 cm³/mol. The summed E-state index contributed by atoms with van der Waals surface area (Å²) in [5, 5.41) is 5.39. The van der Waals surface area contributed by atoms with Gasteiger partial charge in [-0.25, -0.2) is 4.79 Å². The summed E-state index contributed by atoms with van der Waals surface area (Å²) in [6.07, 6.45) is 1.49. The minimum Gasteiger partial charge on any atom is -0.462 e. The first-order valence-electron chi connectivity index (χ1n) is 11.0. The van der Waals surface area contributed by atoms with E-state index in [-0.39, 0.29) is 24.8 Å². The van der Waals surface area contributed by atoms with Gasteiger partial charge in [-0.2, -0.15) is 0 Å². The zero-order valence-corrected chi connectivity index (χ0v) is 19.0. The number of benzene rings is 2. The number of rotatable bonds is 12. The molecule has 1 atom stereocenters. The molecule has 8 nitrogen and oxygen atoms in total. The summed E-state index contributed by atoms with van der Waals surface area (Å²) in [5.74, 6) is -1.85. The minimum absolute atomic E-state index is 0.0956. The number of carbonyl (C=O) groups is 4. The average molecular weight is 455 g/mol. The Hall–Kier alpha value is -3.68. The maximum atomic E-state index is 12.1. The number of carbonyl (C=O) groups excluding carboxylic acids is 4. The zero-order valence-electron chi connectivity index (χ0n) is 19.0. The maximum Gasteiger partial charge on any atom is 0.338 e. The fraction of sp³-hybridized carbons (Fsp3) is 0.360. The van der Waals surface area contributed by atoms with Crippen LogP contribution < -0.4 is 10.6 Å². The smallest absolute Gasteiger partial charge is 0.338 e. The minimum atomic E-state index is -0.641. The molecule has 8 heteroatoms. The Morgan fingerprint density at radius 2 is 1.58 bits per heavy atom. The SMILES string of the molecule is CCCCOC(=O)c1ccc(NC(=O)CCC(=O)OCC(=O)N[C@@H](C)c2ccccc2)cc1. The molecule has 0 aliphatic heterocycles. The van der Waals surface area contributed by atoms with Gasteiger partial charge >= 0.3 is 11.9 Å². The van der Waals surface area contributed by atoms with Crippen molar-refractivity contribution in [2.75, 3.05) is 18.5 Å². The van der Waals surface area contributed by atoms with Gasteiger partial charge in [-0.1, -0.05) is 43.7 Å². The van der Waals surface area contributed by atoms with Crippen LogP contribution >= 0.6 is 0 Å². The third-order valence-corrected chi connectivity index (χ3v) is 4.73. The first-order chi connectivity index (χ1) is 15.9. The second kappa shape index (κ2) is 13.7. The van der Waals surface area contributed by atoms with Gasteiger partial charge in [0.2, 0.25) is 5.91 Å². The van der Waals surface area contributed by atoms with Crippen LogP contribution in [0.1, 0.15) is 61.5 Å². The van der Waals surface area contributed by atoms with Crippen molar-refractivity contribution in [2.45, 2.75) is 45.6 Å². The van der Waals surface area contributed by atoms with Gasteiger partial charge in [0.15, 0.2) is 6.61 Å². The Morgan fingerprint density at radius 3 is 2.24 bits per heavy atom. The number of esters is 2. The molecule has 33 heavy (non-hydrogen) atoms. The number of hydrogen-bond donors (Lipinski definition) is 2. The van der Waals surface area contributed by atoms with Crippen LogP contribution in [-0.4, -0.2) is 37.0 Å². The lowest BCUT2D eigenvalue weighted by molar-refractivity contribution is -0.149.